The number of halogens is 1. The number of carbonyl (C=O) groups is 2. The number of ketones is 2. The van der Waals surface area contributed by atoms with Crippen LogP contribution in [0, 0.1) is 0 Å². The lowest BCUT2D eigenvalue weighted by Crippen LogP contribution is -2.37. The Balaban J connectivity index is 1.71. The Labute approximate surface area is 204 Å². The molecule has 0 unspecified atom stereocenters. The molecule has 176 valence electrons. The molecule has 0 radical (unpaired) electrons. The minimum atomic E-state index is -4.14. The largest absolute Gasteiger partial charge is 0.379 e. The molecule has 2 aromatic carbocycles. The van der Waals surface area contributed by atoms with Crippen LogP contribution < -0.4 is 4.18 Å². The number of carbonyl (C=O) groups excluding carboxylic acids is 2. The molecule has 0 fully saturated rings. The second-order valence-electron chi connectivity index (χ2n) is 8.80. The number of hydrogen-bond donors (Lipinski definition) is 0. The number of rotatable bonds is 4. The summed E-state index contributed by atoms with van der Waals surface area (Å²) in [6, 6.07) is 12.5. The van der Waals surface area contributed by atoms with Crippen LogP contribution in [0.3, 0.4) is 0 Å². The fraction of sp³-hybridized carbons (Fsp3) is 0.308. The molecule has 6 nitrogen and oxygen atoms in total. The van der Waals surface area contributed by atoms with Crippen molar-refractivity contribution in [3.63, 3.8) is 0 Å². The lowest BCUT2D eigenvalue weighted by atomic mass is 9.71. The van der Waals surface area contributed by atoms with Crippen LogP contribution in [-0.2, 0) is 19.7 Å². The lowest BCUT2D eigenvalue weighted by molar-refractivity contribution is -0.117. The van der Waals surface area contributed by atoms with Crippen LogP contribution in [0.1, 0.15) is 50.0 Å². The molecule has 0 saturated heterocycles. The van der Waals surface area contributed by atoms with E-state index >= 15 is 0 Å². The van der Waals surface area contributed by atoms with Gasteiger partial charge in [-0.25, -0.2) is 0 Å². The third-order valence-electron chi connectivity index (χ3n) is 6.76. The molecule has 1 heterocycles. The van der Waals surface area contributed by atoms with Crippen LogP contribution in [-0.4, -0.2) is 31.9 Å². The number of nitrogens with zero attached hydrogens (tertiary/aromatic N) is 1. The first-order valence-electron chi connectivity index (χ1n) is 11.3. The molecule has 0 atom stereocenters. The smallest absolute Gasteiger partial charge is 0.339 e. The minimum Gasteiger partial charge on any atom is -0.379 e. The first kappa shape index (κ1) is 22.9. The van der Waals surface area contributed by atoms with Gasteiger partial charge in [0.1, 0.15) is 10.6 Å². The highest BCUT2D eigenvalue weighted by molar-refractivity contribution is 7.87. The molecule has 2 aliphatic carbocycles. The molecule has 34 heavy (non-hydrogen) atoms. The summed E-state index contributed by atoms with van der Waals surface area (Å²) in [5.41, 5.74) is 3.31. The highest BCUT2D eigenvalue weighted by Crippen LogP contribution is 2.50. The molecular weight excluding hydrogens is 474 g/mol. The summed E-state index contributed by atoms with van der Waals surface area (Å²) < 4.78 is 31.7. The third-order valence-corrected chi connectivity index (χ3v) is 8.24. The number of benzene rings is 2. The van der Waals surface area contributed by atoms with Crippen molar-refractivity contribution in [3.05, 3.63) is 81.7 Å². The standard InChI is InChI=1S/C26H24ClNO5S/c1-28-19-9-5-11-21(29)25(19)24(26-20(28)10-6-12-22(26)30)18-15-16(27)13-14-23(18)33-34(31,32)17-7-3-2-4-8-17/h2-4,7-8,13-15,24H,5-6,9-12H2,1H3. The van der Waals surface area contributed by atoms with Gasteiger partial charge < -0.3 is 9.08 Å². The second-order valence-corrected chi connectivity index (χ2v) is 10.8. The second kappa shape index (κ2) is 8.71. The van der Waals surface area contributed by atoms with Gasteiger partial charge in [-0.05, 0) is 56.0 Å². The van der Waals surface area contributed by atoms with Crippen LogP contribution in [0.5, 0.6) is 5.75 Å². The molecule has 5 rings (SSSR count). The van der Waals surface area contributed by atoms with Crippen molar-refractivity contribution in [2.75, 3.05) is 7.05 Å². The fourth-order valence-corrected chi connectivity index (χ4v) is 6.39. The van der Waals surface area contributed by atoms with E-state index in [1.165, 1.54) is 18.2 Å². The van der Waals surface area contributed by atoms with Gasteiger partial charge in [0.25, 0.3) is 0 Å². The maximum atomic E-state index is 13.2. The van der Waals surface area contributed by atoms with E-state index in [9.17, 15) is 18.0 Å². The van der Waals surface area contributed by atoms with Crippen molar-refractivity contribution in [2.45, 2.75) is 49.3 Å². The zero-order valence-corrected chi connectivity index (χ0v) is 20.3. The van der Waals surface area contributed by atoms with Crippen molar-refractivity contribution in [1.29, 1.82) is 0 Å². The predicted octanol–water partition coefficient (Wildman–Crippen LogP) is 5.15. The molecular formula is C26H24ClNO5S. The molecule has 1 aliphatic heterocycles. The van der Waals surface area contributed by atoms with Gasteiger partial charge >= 0.3 is 10.1 Å². The summed E-state index contributed by atoms with van der Waals surface area (Å²) in [7, 11) is -2.23. The molecule has 0 bridgehead atoms. The highest BCUT2D eigenvalue weighted by Gasteiger charge is 2.43. The molecule has 2 aromatic rings. The Morgan fingerprint density at radius 3 is 2.06 bits per heavy atom. The summed E-state index contributed by atoms with van der Waals surface area (Å²) in [5, 5.41) is 0.370. The van der Waals surface area contributed by atoms with E-state index in [0.29, 0.717) is 34.6 Å². The van der Waals surface area contributed by atoms with Gasteiger partial charge in [0, 0.05) is 58.9 Å². The van der Waals surface area contributed by atoms with E-state index in [1.54, 1.807) is 30.3 Å². The molecule has 0 N–H and O–H groups in total. The Bertz CT molecular complexity index is 1320. The van der Waals surface area contributed by atoms with Crippen molar-refractivity contribution < 1.29 is 22.2 Å². The third kappa shape index (κ3) is 3.87. The molecule has 0 spiro atoms. The number of hydrogen-bond acceptors (Lipinski definition) is 6. The average molecular weight is 498 g/mol. The van der Waals surface area contributed by atoms with Crippen LogP contribution in [0.4, 0.5) is 0 Å². The van der Waals surface area contributed by atoms with Crippen molar-refractivity contribution in [1.82, 2.24) is 4.90 Å². The van der Waals surface area contributed by atoms with Gasteiger partial charge in [-0.15, -0.1) is 0 Å². The topological polar surface area (TPSA) is 80.8 Å². The zero-order chi connectivity index (χ0) is 24.0. The van der Waals surface area contributed by atoms with E-state index in [-0.39, 0.29) is 22.2 Å². The Morgan fingerprint density at radius 2 is 1.47 bits per heavy atom. The van der Waals surface area contributed by atoms with Crippen LogP contribution in [0.15, 0.2) is 76.0 Å². The van der Waals surface area contributed by atoms with Gasteiger partial charge in [-0.1, -0.05) is 29.8 Å². The van der Waals surface area contributed by atoms with Gasteiger partial charge in [-0.3, -0.25) is 9.59 Å². The van der Waals surface area contributed by atoms with E-state index in [1.807, 2.05) is 11.9 Å². The zero-order valence-electron chi connectivity index (χ0n) is 18.7. The van der Waals surface area contributed by atoms with Gasteiger partial charge in [0.15, 0.2) is 11.6 Å². The van der Waals surface area contributed by atoms with Crippen LogP contribution >= 0.6 is 11.6 Å². The first-order chi connectivity index (χ1) is 16.3. The predicted molar refractivity (Wildman–Crippen MR) is 128 cm³/mol. The Hall–Kier alpha value is -2.90. The van der Waals surface area contributed by atoms with E-state index in [2.05, 4.69) is 0 Å². The van der Waals surface area contributed by atoms with E-state index in [4.69, 9.17) is 15.8 Å². The van der Waals surface area contributed by atoms with Crippen molar-refractivity contribution >= 4 is 33.3 Å². The molecule has 3 aliphatic rings. The quantitative estimate of drug-likeness (QED) is 0.543. The first-order valence-corrected chi connectivity index (χ1v) is 13.1. The summed E-state index contributed by atoms with van der Waals surface area (Å²) >= 11 is 6.36. The van der Waals surface area contributed by atoms with Gasteiger partial charge in [0.2, 0.25) is 0 Å². The monoisotopic (exact) mass is 497 g/mol. The highest BCUT2D eigenvalue weighted by atomic mass is 35.5. The van der Waals surface area contributed by atoms with Gasteiger partial charge in [0.05, 0.1) is 0 Å². The average Bonchev–Trinajstić information content (AvgIpc) is 2.82. The summed E-state index contributed by atoms with van der Waals surface area (Å²) in [5.74, 6) is -0.695. The van der Waals surface area contributed by atoms with Gasteiger partial charge in [-0.2, -0.15) is 8.42 Å². The molecule has 0 amide bonds. The maximum absolute atomic E-state index is 13.2. The van der Waals surface area contributed by atoms with E-state index in [0.717, 1.165) is 37.1 Å². The normalized spacial score (nSPS) is 19.3. The number of Topliss-reactive ketones (excluding diaryl/α,β-unsaturated/α-hetero) is 2. The minimum absolute atomic E-state index is 0.0153. The maximum Gasteiger partial charge on any atom is 0.339 e. The molecule has 0 aromatic heterocycles. The summed E-state index contributed by atoms with van der Waals surface area (Å²) in [6.07, 6.45) is 3.70. The van der Waals surface area contributed by atoms with Crippen LogP contribution in [0.2, 0.25) is 5.02 Å². The molecule has 8 heteroatoms. The molecule has 0 saturated carbocycles. The van der Waals surface area contributed by atoms with Crippen LogP contribution in [0.25, 0.3) is 0 Å². The lowest BCUT2D eigenvalue weighted by Gasteiger charge is -2.42. The van der Waals surface area contributed by atoms with Crippen molar-refractivity contribution in [3.8, 4) is 5.75 Å². The Kier molecular flexibility index (Phi) is 5.86. The number of allylic oxidation sites excluding steroid dienone is 4. The Morgan fingerprint density at radius 1 is 0.882 bits per heavy atom. The SMILES string of the molecule is CN1C2=C(C(=O)CCC2)C(c2cc(Cl)ccc2OS(=O)(=O)c2ccccc2)C2=C1CCCC2=O. The summed E-state index contributed by atoms with van der Waals surface area (Å²) in [4.78, 5) is 28.5. The fourth-order valence-electron chi connectivity index (χ4n) is 5.24. The van der Waals surface area contributed by atoms with E-state index < -0.39 is 16.0 Å². The van der Waals surface area contributed by atoms with Crippen molar-refractivity contribution in [2.24, 2.45) is 0 Å². The summed E-state index contributed by atoms with van der Waals surface area (Å²) in [6.45, 7) is 0.